The molecule has 0 fully saturated rings. The van der Waals surface area contributed by atoms with Gasteiger partial charge in [-0.3, -0.25) is 14.9 Å². The molecule has 0 atom stereocenters. The lowest BCUT2D eigenvalue weighted by molar-refractivity contribution is -0.122. The first kappa shape index (κ1) is 17.5. The molecule has 2 amide bonds. The number of hydrazine groups is 1. The molecule has 0 saturated carbocycles. The fourth-order valence-corrected chi connectivity index (χ4v) is 1.38. The highest BCUT2D eigenvalue weighted by Crippen LogP contribution is 2.05. The molecule has 0 aromatic carbocycles. The van der Waals surface area contributed by atoms with Crippen LogP contribution in [0, 0.1) is 0 Å². The molecule has 0 unspecified atom stereocenters. The van der Waals surface area contributed by atoms with Crippen molar-refractivity contribution in [2.75, 3.05) is 6.61 Å². The van der Waals surface area contributed by atoms with Gasteiger partial charge in [0.15, 0.2) is 0 Å². The number of carbonyl (C=O) groups excluding carboxylic acids is 3. The minimum absolute atomic E-state index is 0.171. The van der Waals surface area contributed by atoms with E-state index in [4.69, 9.17) is 9.47 Å². The third-order valence-corrected chi connectivity index (χ3v) is 2.15. The van der Waals surface area contributed by atoms with Gasteiger partial charge in [-0.15, -0.1) is 0 Å². The van der Waals surface area contributed by atoms with E-state index < -0.39 is 23.6 Å². The monoisotopic (exact) mass is 312 g/mol. The van der Waals surface area contributed by atoms with Crippen molar-refractivity contribution in [2.24, 2.45) is 0 Å². The summed E-state index contributed by atoms with van der Waals surface area (Å²) in [6.45, 7) is 6.89. The van der Waals surface area contributed by atoms with Crippen LogP contribution in [0.5, 0.6) is 0 Å². The Balaban J connectivity index is 2.42. The normalized spacial score (nSPS) is 10.7. The first-order chi connectivity index (χ1) is 10.2. The van der Waals surface area contributed by atoms with Gasteiger partial charge >= 0.3 is 12.1 Å². The van der Waals surface area contributed by atoms with Gasteiger partial charge in [0, 0.05) is 6.20 Å². The van der Waals surface area contributed by atoms with E-state index in [1.165, 1.54) is 17.1 Å². The molecule has 0 aliphatic rings. The smallest absolute Gasteiger partial charge is 0.426 e. The zero-order valence-corrected chi connectivity index (χ0v) is 13.0. The number of esters is 1. The van der Waals surface area contributed by atoms with Crippen LogP contribution < -0.4 is 10.9 Å². The number of nitrogens with zero attached hydrogens (tertiary/aromatic N) is 2. The van der Waals surface area contributed by atoms with Gasteiger partial charge in [0.25, 0.3) is 5.91 Å². The summed E-state index contributed by atoms with van der Waals surface area (Å²) < 4.78 is 11.0. The number of rotatable bonds is 4. The topological polar surface area (TPSA) is 112 Å². The Hall–Kier alpha value is -2.58. The molecule has 0 aliphatic carbocycles. The van der Waals surface area contributed by atoms with E-state index in [9.17, 15) is 14.4 Å². The number of carbonyl (C=O) groups is 3. The van der Waals surface area contributed by atoms with Gasteiger partial charge in [0.1, 0.15) is 12.1 Å². The van der Waals surface area contributed by atoms with Crippen molar-refractivity contribution in [1.82, 2.24) is 20.6 Å². The zero-order chi connectivity index (χ0) is 16.8. The van der Waals surface area contributed by atoms with Crippen molar-refractivity contribution in [3.63, 3.8) is 0 Å². The van der Waals surface area contributed by atoms with Crippen molar-refractivity contribution in [3.05, 3.63) is 18.0 Å². The highest BCUT2D eigenvalue weighted by atomic mass is 16.6. The first-order valence-corrected chi connectivity index (χ1v) is 6.68. The number of hydrogen-bond donors (Lipinski definition) is 2. The number of nitrogens with one attached hydrogen (secondary N) is 2. The Morgan fingerprint density at radius 3 is 2.55 bits per heavy atom. The van der Waals surface area contributed by atoms with Crippen LogP contribution >= 0.6 is 0 Å². The van der Waals surface area contributed by atoms with E-state index in [1.54, 1.807) is 27.7 Å². The summed E-state index contributed by atoms with van der Waals surface area (Å²) >= 11 is 0. The molecule has 0 spiro atoms. The lowest BCUT2D eigenvalue weighted by Crippen LogP contribution is -2.45. The quantitative estimate of drug-likeness (QED) is 0.622. The van der Waals surface area contributed by atoms with Crippen LogP contribution in [0.15, 0.2) is 12.4 Å². The van der Waals surface area contributed by atoms with E-state index in [-0.39, 0.29) is 18.7 Å². The van der Waals surface area contributed by atoms with Crippen molar-refractivity contribution in [1.29, 1.82) is 0 Å². The van der Waals surface area contributed by atoms with E-state index in [1.807, 2.05) is 0 Å². The van der Waals surface area contributed by atoms with Gasteiger partial charge in [-0.05, 0) is 27.7 Å². The molecule has 0 radical (unpaired) electrons. The minimum atomic E-state index is -0.770. The lowest BCUT2D eigenvalue weighted by atomic mass is 10.2. The summed E-state index contributed by atoms with van der Waals surface area (Å²) in [6.07, 6.45) is 1.91. The second kappa shape index (κ2) is 7.43. The van der Waals surface area contributed by atoms with Crippen LogP contribution in [-0.2, 0) is 20.8 Å². The molecule has 1 aromatic rings. The third-order valence-electron chi connectivity index (χ3n) is 2.15. The summed E-state index contributed by atoms with van der Waals surface area (Å²) in [6, 6.07) is 0. The average molecular weight is 312 g/mol. The number of aromatic nitrogens is 2. The number of amides is 2. The van der Waals surface area contributed by atoms with Crippen molar-refractivity contribution < 1.29 is 23.9 Å². The maximum absolute atomic E-state index is 11.6. The molecule has 1 heterocycles. The van der Waals surface area contributed by atoms with Gasteiger partial charge in [-0.1, -0.05) is 0 Å². The van der Waals surface area contributed by atoms with E-state index >= 15 is 0 Å². The molecule has 9 heteroatoms. The van der Waals surface area contributed by atoms with Gasteiger partial charge in [0.05, 0.1) is 18.4 Å². The Labute approximate surface area is 127 Å². The van der Waals surface area contributed by atoms with Crippen LogP contribution in [0.1, 0.15) is 38.1 Å². The third kappa shape index (κ3) is 6.25. The Bertz CT molecular complexity index is 547. The fourth-order valence-electron chi connectivity index (χ4n) is 1.38. The molecule has 2 N–H and O–H groups in total. The highest BCUT2D eigenvalue weighted by Gasteiger charge is 2.17. The van der Waals surface area contributed by atoms with Gasteiger partial charge in [-0.25, -0.2) is 15.0 Å². The standard InChI is InChI=1S/C13H20N4O5/c1-5-21-11(19)9-6-14-17(7-9)8-10(18)15-16-12(20)22-13(2,3)4/h6-7H,5,8H2,1-4H3,(H,15,18)(H,16,20). The van der Waals surface area contributed by atoms with Crippen LogP contribution in [0.3, 0.4) is 0 Å². The minimum Gasteiger partial charge on any atom is -0.462 e. The Kier molecular flexibility index (Phi) is 5.90. The molecule has 122 valence electrons. The molecule has 22 heavy (non-hydrogen) atoms. The van der Waals surface area contributed by atoms with Gasteiger partial charge in [-0.2, -0.15) is 5.10 Å². The van der Waals surface area contributed by atoms with Gasteiger partial charge < -0.3 is 9.47 Å². The van der Waals surface area contributed by atoms with Crippen LogP contribution in [0.2, 0.25) is 0 Å². The van der Waals surface area contributed by atoms with Crippen molar-refractivity contribution >= 4 is 18.0 Å². The summed E-state index contributed by atoms with van der Waals surface area (Å²) in [4.78, 5) is 34.4. The Morgan fingerprint density at radius 1 is 1.27 bits per heavy atom. The fraction of sp³-hybridized carbons (Fsp3) is 0.538. The maximum atomic E-state index is 11.6. The van der Waals surface area contributed by atoms with Crippen LogP contribution in [0.25, 0.3) is 0 Å². The number of ether oxygens (including phenoxy) is 2. The molecular formula is C13H20N4O5. The number of hydrogen-bond acceptors (Lipinski definition) is 6. The molecular weight excluding hydrogens is 292 g/mol. The van der Waals surface area contributed by atoms with E-state index in [2.05, 4.69) is 16.0 Å². The molecule has 1 rings (SSSR count). The molecule has 0 aliphatic heterocycles. The van der Waals surface area contributed by atoms with Crippen LogP contribution in [-0.4, -0.2) is 40.0 Å². The predicted molar refractivity (Wildman–Crippen MR) is 75.7 cm³/mol. The van der Waals surface area contributed by atoms with Crippen molar-refractivity contribution in [3.8, 4) is 0 Å². The molecule has 0 bridgehead atoms. The zero-order valence-electron chi connectivity index (χ0n) is 13.0. The summed E-state index contributed by atoms with van der Waals surface area (Å²) in [5.74, 6) is -1.04. The molecule has 1 aromatic heterocycles. The lowest BCUT2D eigenvalue weighted by Gasteiger charge is -2.19. The second-order valence-electron chi connectivity index (χ2n) is 5.32. The first-order valence-electron chi connectivity index (χ1n) is 6.68. The largest absolute Gasteiger partial charge is 0.462 e. The highest BCUT2D eigenvalue weighted by molar-refractivity contribution is 5.88. The maximum Gasteiger partial charge on any atom is 0.426 e. The van der Waals surface area contributed by atoms with Gasteiger partial charge in [0.2, 0.25) is 0 Å². The van der Waals surface area contributed by atoms with Crippen molar-refractivity contribution in [2.45, 2.75) is 39.8 Å². The summed E-state index contributed by atoms with van der Waals surface area (Å²) in [5.41, 5.74) is 3.88. The molecule has 0 saturated heterocycles. The summed E-state index contributed by atoms with van der Waals surface area (Å²) in [5, 5.41) is 3.86. The average Bonchev–Trinajstić information content (AvgIpc) is 2.83. The summed E-state index contributed by atoms with van der Waals surface area (Å²) in [7, 11) is 0. The molecule has 9 nitrogen and oxygen atoms in total. The van der Waals surface area contributed by atoms with E-state index in [0.717, 1.165) is 0 Å². The van der Waals surface area contributed by atoms with Crippen LogP contribution in [0.4, 0.5) is 4.79 Å². The Morgan fingerprint density at radius 2 is 1.95 bits per heavy atom. The predicted octanol–water partition coefficient (Wildman–Crippen LogP) is 0.616. The second-order valence-corrected chi connectivity index (χ2v) is 5.32. The van der Waals surface area contributed by atoms with E-state index in [0.29, 0.717) is 0 Å². The SMILES string of the molecule is CCOC(=O)c1cnn(CC(=O)NNC(=O)OC(C)(C)C)c1.